The van der Waals surface area contributed by atoms with Crippen LogP contribution in [0.25, 0.3) is 11.1 Å². The van der Waals surface area contributed by atoms with Crippen molar-refractivity contribution in [3.8, 4) is 11.1 Å². The van der Waals surface area contributed by atoms with E-state index in [2.05, 4.69) is 22.8 Å². The molecular formula is C26H24N2O5. The first-order valence-electron chi connectivity index (χ1n) is 10.6. The number of amides is 2. The van der Waals surface area contributed by atoms with Crippen molar-refractivity contribution in [1.29, 1.82) is 0 Å². The number of aryl methyl sites for hydroxylation is 1. The van der Waals surface area contributed by atoms with E-state index in [1.54, 1.807) is 19.1 Å². The zero-order chi connectivity index (χ0) is 23.5. The van der Waals surface area contributed by atoms with Crippen molar-refractivity contribution in [1.82, 2.24) is 5.32 Å². The highest BCUT2D eigenvalue weighted by Gasteiger charge is 2.29. The molecule has 0 spiro atoms. The Balaban J connectivity index is 1.39. The topological polar surface area (TPSA) is 105 Å². The van der Waals surface area contributed by atoms with E-state index in [1.165, 1.54) is 13.0 Å². The molecule has 2 amide bonds. The molecule has 1 aliphatic rings. The van der Waals surface area contributed by atoms with Crippen LogP contribution in [0.5, 0.6) is 0 Å². The molecule has 0 heterocycles. The highest BCUT2D eigenvalue weighted by molar-refractivity contribution is 6.03. The molecule has 0 saturated heterocycles. The number of aromatic carboxylic acids is 1. The lowest BCUT2D eigenvalue weighted by molar-refractivity contribution is -0.117. The fraction of sp³-hybridized carbons (Fsp3) is 0.192. The van der Waals surface area contributed by atoms with Gasteiger partial charge in [-0.05, 0) is 47.7 Å². The first-order chi connectivity index (χ1) is 15.9. The summed E-state index contributed by atoms with van der Waals surface area (Å²) in [4.78, 5) is 36.5. The van der Waals surface area contributed by atoms with E-state index in [0.29, 0.717) is 5.56 Å². The summed E-state index contributed by atoms with van der Waals surface area (Å²) in [6, 6.07) is 19.9. The Morgan fingerprint density at radius 3 is 2.15 bits per heavy atom. The predicted molar refractivity (Wildman–Crippen MR) is 124 cm³/mol. The predicted octanol–water partition coefficient (Wildman–Crippen LogP) is 4.56. The van der Waals surface area contributed by atoms with Gasteiger partial charge in [0.2, 0.25) is 5.91 Å². The van der Waals surface area contributed by atoms with Gasteiger partial charge in [-0.2, -0.15) is 0 Å². The second kappa shape index (κ2) is 9.16. The molecule has 0 fully saturated rings. The number of fused-ring (bicyclic) bond motifs is 3. The number of anilines is 1. The van der Waals surface area contributed by atoms with Crippen molar-refractivity contribution in [3.63, 3.8) is 0 Å². The molecule has 0 radical (unpaired) electrons. The van der Waals surface area contributed by atoms with Gasteiger partial charge in [0, 0.05) is 5.92 Å². The molecule has 0 bridgehead atoms. The summed E-state index contributed by atoms with van der Waals surface area (Å²) in [6.07, 6.45) is -0.720. The summed E-state index contributed by atoms with van der Waals surface area (Å²) in [5.41, 5.74) is 5.16. The molecule has 7 nitrogen and oxygen atoms in total. The molecule has 3 aromatic rings. The van der Waals surface area contributed by atoms with Gasteiger partial charge >= 0.3 is 12.1 Å². The van der Waals surface area contributed by atoms with Gasteiger partial charge in [-0.15, -0.1) is 0 Å². The van der Waals surface area contributed by atoms with Crippen molar-refractivity contribution in [2.24, 2.45) is 0 Å². The van der Waals surface area contributed by atoms with Crippen LogP contribution in [0.4, 0.5) is 10.5 Å². The lowest BCUT2D eigenvalue weighted by Gasteiger charge is -2.18. The maximum absolute atomic E-state index is 12.5. The minimum atomic E-state index is -1.14. The van der Waals surface area contributed by atoms with E-state index in [0.717, 1.165) is 22.3 Å². The van der Waals surface area contributed by atoms with Gasteiger partial charge in [-0.3, -0.25) is 4.79 Å². The average Bonchev–Trinajstić information content (AvgIpc) is 3.11. The first-order valence-corrected chi connectivity index (χ1v) is 10.6. The van der Waals surface area contributed by atoms with Gasteiger partial charge in [0.1, 0.15) is 12.6 Å². The molecule has 0 aromatic heterocycles. The summed E-state index contributed by atoms with van der Waals surface area (Å²) >= 11 is 0. The van der Waals surface area contributed by atoms with Crippen LogP contribution in [-0.4, -0.2) is 35.7 Å². The quantitative estimate of drug-likeness (QED) is 0.517. The second-order valence-corrected chi connectivity index (χ2v) is 7.98. The summed E-state index contributed by atoms with van der Waals surface area (Å²) in [5, 5.41) is 14.5. The zero-order valence-corrected chi connectivity index (χ0v) is 18.3. The molecule has 0 aliphatic heterocycles. The van der Waals surface area contributed by atoms with Crippen LogP contribution >= 0.6 is 0 Å². The smallest absolute Gasteiger partial charge is 0.407 e. The Kier molecular flexibility index (Phi) is 6.13. The third kappa shape index (κ3) is 4.43. The minimum Gasteiger partial charge on any atom is -0.478 e. The molecule has 1 atom stereocenters. The van der Waals surface area contributed by atoms with E-state index < -0.39 is 24.0 Å². The first kappa shape index (κ1) is 22.1. The molecule has 1 aliphatic carbocycles. The molecule has 0 unspecified atom stereocenters. The Labute approximate surface area is 191 Å². The average molecular weight is 444 g/mol. The van der Waals surface area contributed by atoms with Crippen molar-refractivity contribution in [2.75, 3.05) is 11.9 Å². The van der Waals surface area contributed by atoms with Crippen LogP contribution in [-0.2, 0) is 9.53 Å². The molecular weight excluding hydrogens is 420 g/mol. The fourth-order valence-electron chi connectivity index (χ4n) is 4.18. The maximum Gasteiger partial charge on any atom is 0.407 e. The van der Waals surface area contributed by atoms with Crippen LogP contribution in [0.2, 0.25) is 0 Å². The van der Waals surface area contributed by atoms with Gasteiger partial charge in [-0.1, -0.05) is 60.7 Å². The van der Waals surface area contributed by atoms with Crippen molar-refractivity contribution >= 4 is 23.7 Å². The normalized spacial score (nSPS) is 12.9. The van der Waals surface area contributed by atoms with E-state index in [9.17, 15) is 19.5 Å². The Hall–Kier alpha value is -4.13. The van der Waals surface area contributed by atoms with Crippen molar-refractivity contribution in [3.05, 3.63) is 89.0 Å². The Bertz CT molecular complexity index is 1190. The zero-order valence-electron chi connectivity index (χ0n) is 18.3. The lowest BCUT2D eigenvalue weighted by atomic mass is 9.98. The van der Waals surface area contributed by atoms with Gasteiger partial charge in [0.05, 0.1) is 11.3 Å². The van der Waals surface area contributed by atoms with E-state index in [-0.39, 0.29) is 23.8 Å². The number of carbonyl (C=O) groups excluding carboxylic acids is 2. The number of ether oxygens (including phenoxy) is 1. The monoisotopic (exact) mass is 444 g/mol. The number of benzene rings is 3. The minimum absolute atomic E-state index is 0.0131. The third-order valence-corrected chi connectivity index (χ3v) is 5.82. The molecule has 168 valence electrons. The van der Waals surface area contributed by atoms with Crippen LogP contribution in [0.15, 0.2) is 66.7 Å². The van der Waals surface area contributed by atoms with Crippen molar-refractivity contribution in [2.45, 2.75) is 25.8 Å². The van der Waals surface area contributed by atoms with Gasteiger partial charge < -0.3 is 20.5 Å². The summed E-state index contributed by atoms with van der Waals surface area (Å²) in [5.74, 6) is -1.77. The number of alkyl carbamates (subject to hydrolysis) is 1. The van der Waals surface area contributed by atoms with Gasteiger partial charge in [0.15, 0.2) is 0 Å². The standard InChI is InChI=1S/C26H24N2O5/c1-15-8-7-13-22(23(15)25(30)31)28-24(29)16(2)27-26(32)33-14-21-19-11-5-3-9-17(19)18-10-4-6-12-20(18)21/h3-13,16,21H,14H2,1-2H3,(H,27,32)(H,28,29)(H,30,31)/t16-/m1/s1. The second-order valence-electron chi connectivity index (χ2n) is 7.98. The molecule has 3 N–H and O–H groups in total. The maximum atomic E-state index is 12.5. The van der Waals surface area contributed by atoms with Crippen LogP contribution in [0.3, 0.4) is 0 Å². The van der Waals surface area contributed by atoms with Crippen molar-refractivity contribution < 1.29 is 24.2 Å². The van der Waals surface area contributed by atoms with E-state index in [4.69, 9.17) is 4.74 Å². The molecule has 0 saturated carbocycles. The molecule has 3 aromatic carbocycles. The summed E-state index contributed by atoms with van der Waals surface area (Å²) < 4.78 is 5.47. The molecule has 33 heavy (non-hydrogen) atoms. The summed E-state index contributed by atoms with van der Waals surface area (Å²) in [7, 11) is 0. The number of carbonyl (C=O) groups is 3. The largest absolute Gasteiger partial charge is 0.478 e. The van der Waals surface area contributed by atoms with Gasteiger partial charge in [0.25, 0.3) is 0 Å². The highest BCUT2D eigenvalue weighted by Crippen LogP contribution is 2.44. The number of rotatable bonds is 6. The molecule has 7 heteroatoms. The van der Waals surface area contributed by atoms with Gasteiger partial charge in [-0.25, -0.2) is 9.59 Å². The van der Waals surface area contributed by atoms with Crippen LogP contribution in [0.1, 0.15) is 39.9 Å². The number of carboxylic acid groups (broad SMARTS) is 1. The Morgan fingerprint density at radius 1 is 0.939 bits per heavy atom. The third-order valence-electron chi connectivity index (χ3n) is 5.82. The number of carboxylic acids is 1. The number of nitrogens with one attached hydrogen (secondary N) is 2. The van der Waals surface area contributed by atoms with E-state index >= 15 is 0 Å². The Morgan fingerprint density at radius 2 is 1.55 bits per heavy atom. The molecule has 4 rings (SSSR count). The lowest BCUT2D eigenvalue weighted by Crippen LogP contribution is -2.42. The number of hydrogen-bond donors (Lipinski definition) is 3. The highest BCUT2D eigenvalue weighted by atomic mass is 16.5. The summed E-state index contributed by atoms with van der Waals surface area (Å²) in [6.45, 7) is 3.29. The van der Waals surface area contributed by atoms with Crippen LogP contribution in [0, 0.1) is 6.92 Å². The SMILES string of the molecule is Cc1cccc(NC(=O)[C@@H](C)NC(=O)OCC2c3ccccc3-c3ccccc32)c1C(=O)O. The van der Waals surface area contributed by atoms with Crippen LogP contribution < -0.4 is 10.6 Å². The fourth-order valence-corrected chi connectivity index (χ4v) is 4.18. The number of hydrogen-bond acceptors (Lipinski definition) is 4. The van der Waals surface area contributed by atoms with E-state index in [1.807, 2.05) is 36.4 Å².